The molecule has 0 aliphatic rings. The molecule has 24 heavy (non-hydrogen) atoms. The number of nitro benzene ring substituents is 1. The first kappa shape index (κ1) is 18.2. The van der Waals surface area contributed by atoms with Crippen molar-refractivity contribution in [1.82, 2.24) is 4.72 Å². The van der Waals surface area contributed by atoms with Crippen LogP contribution in [0.3, 0.4) is 0 Å². The Hall–Kier alpha value is -2.16. The molecule has 0 amide bonds. The molecule has 0 unspecified atom stereocenters. The number of rotatable bonds is 7. The van der Waals surface area contributed by atoms with Gasteiger partial charge in [-0.3, -0.25) is 10.1 Å². The van der Waals surface area contributed by atoms with E-state index in [2.05, 4.69) is 4.72 Å². The predicted octanol–water partition coefficient (Wildman–Crippen LogP) is 2.78. The van der Waals surface area contributed by atoms with Gasteiger partial charge in [0.05, 0.1) is 16.9 Å². The highest BCUT2D eigenvalue weighted by molar-refractivity contribution is 7.89. The third-order valence-electron chi connectivity index (χ3n) is 3.25. The van der Waals surface area contributed by atoms with Gasteiger partial charge < -0.3 is 4.74 Å². The molecule has 2 aromatic rings. The highest BCUT2D eigenvalue weighted by atomic mass is 35.5. The van der Waals surface area contributed by atoms with E-state index in [1.165, 1.54) is 19.2 Å². The first-order valence-electron chi connectivity index (χ1n) is 6.90. The van der Waals surface area contributed by atoms with E-state index in [0.717, 1.165) is 11.6 Å². The van der Waals surface area contributed by atoms with E-state index < -0.39 is 20.6 Å². The molecule has 0 fully saturated rings. The summed E-state index contributed by atoms with van der Waals surface area (Å²) in [5.74, 6) is -0.00197. The number of nitrogens with one attached hydrogen (secondary N) is 1. The summed E-state index contributed by atoms with van der Waals surface area (Å²) >= 11 is 5.87. The van der Waals surface area contributed by atoms with Gasteiger partial charge in [-0.05, 0) is 36.2 Å². The summed E-state index contributed by atoms with van der Waals surface area (Å²) in [5, 5.41) is 11.6. The Morgan fingerprint density at radius 2 is 2.00 bits per heavy atom. The number of hydrogen-bond acceptors (Lipinski definition) is 5. The van der Waals surface area contributed by atoms with Gasteiger partial charge in [-0.2, -0.15) is 0 Å². The Kier molecular flexibility index (Phi) is 5.76. The van der Waals surface area contributed by atoms with Crippen molar-refractivity contribution in [3.05, 3.63) is 63.2 Å². The minimum atomic E-state index is -3.86. The SMILES string of the molecule is COc1ccc(S(=O)(=O)NCCc2cccc(Cl)c2)cc1[N+](=O)[O-]. The predicted molar refractivity (Wildman–Crippen MR) is 90.0 cm³/mol. The molecule has 7 nitrogen and oxygen atoms in total. The Labute approximate surface area is 144 Å². The molecule has 0 saturated heterocycles. The Morgan fingerprint density at radius 3 is 2.62 bits per heavy atom. The van der Waals surface area contributed by atoms with Crippen molar-refractivity contribution in [1.29, 1.82) is 0 Å². The van der Waals surface area contributed by atoms with Crippen LogP contribution in [0, 0.1) is 10.1 Å². The average molecular weight is 371 g/mol. The van der Waals surface area contributed by atoms with Gasteiger partial charge in [0.2, 0.25) is 10.0 Å². The summed E-state index contributed by atoms with van der Waals surface area (Å²) < 4.78 is 31.8. The van der Waals surface area contributed by atoms with Crippen molar-refractivity contribution in [2.75, 3.05) is 13.7 Å². The first-order chi connectivity index (χ1) is 11.3. The second-order valence-corrected chi connectivity index (χ2v) is 7.07. The number of ether oxygens (including phenoxy) is 1. The molecule has 2 aromatic carbocycles. The third-order valence-corrected chi connectivity index (χ3v) is 4.95. The molecular weight excluding hydrogens is 356 g/mol. The molecule has 9 heteroatoms. The van der Waals surface area contributed by atoms with E-state index in [9.17, 15) is 18.5 Å². The molecular formula is C15H15ClN2O5S. The van der Waals surface area contributed by atoms with Gasteiger partial charge >= 0.3 is 5.69 Å². The van der Waals surface area contributed by atoms with Crippen LogP contribution in [0.5, 0.6) is 5.75 Å². The summed E-state index contributed by atoms with van der Waals surface area (Å²) in [5.41, 5.74) is 0.473. The minimum absolute atomic E-state index is 0.00197. The maximum Gasteiger partial charge on any atom is 0.312 e. The monoisotopic (exact) mass is 370 g/mol. The zero-order valence-corrected chi connectivity index (χ0v) is 14.3. The van der Waals surface area contributed by atoms with Crippen LogP contribution >= 0.6 is 11.6 Å². The molecule has 0 radical (unpaired) electrons. The molecule has 0 atom stereocenters. The topological polar surface area (TPSA) is 98.5 Å². The van der Waals surface area contributed by atoms with Crippen LogP contribution in [0.15, 0.2) is 47.4 Å². The summed E-state index contributed by atoms with van der Waals surface area (Å²) in [6, 6.07) is 10.6. The fourth-order valence-corrected chi connectivity index (χ4v) is 3.35. The Morgan fingerprint density at radius 1 is 1.25 bits per heavy atom. The van der Waals surface area contributed by atoms with Gasteiger partial charge in [0.15, 0.2) is 5.75 Å². The molecule has 128 valence electrons. The zero-order chi connectivity index (χ0) is 17.7. The van der Waals surface area contributed by atoms with Crippen LogP contribution in [0.4, 0.5) is 5.69 Å². The normalized spacial score (nSPS) is 11.2. The molecule has 0 aliphatic carbocycles. The first-order valence-corrected chi connectivity index (χ1v) is 8.76. The quantitative estimate of drug-likeness (QED) is 0.596. The lowest BCUT2D eigenvalue weighted by atomic mass is 10.2. The number of nitro groups is 1. The number of sulfonamides is 1. The van der Waals surface area contributed by atoms with E-state index in [0.29, 0.717) is 11.4 Å². The van der Waals surface area contributed by atoms with E-state index in [1.807, 2.05) is 6.07 Å². The van der Waals surface area contributed by atoms with E-state index in [-0.39, 0.29) is 17.2 Å². The van der Waals surface area contributed by atoms with Gasteiger partial charge in [0.1, 0.15) is 0 Å². The summed E-state index contributed by atoms with van der Waals surface area (Å²) in [6.07, 6.45) is 0.442. The van der Waals surface area contributed by atoms with E-state index >= 15 is 0 Å². The van der Waals surface area contributed by atoms with Crippen molar-refractivity contribution in [3.63, 3.8) is 0 Å². The fourth-order valence-electron chi connectivity index (χ4n) is 2.09. The lowest BCUT2D eigenvalue weighted by Crippen LogP contribution is -2.26. The molecule has 0 heterocycles. The van der Waals surface area contributed by atoms with Gasteiger partial charge in [-0.15, -0.1) is 0 Å². The fraction of sp³-hybridized carbons (Fsp3) is 0.200. The number of benzene rings is 2. The molecule has 0 aliphatic heterocycles. The zero-order valence-electron chi connectivity index (χ0n) is 12.7. The number of hydrogen-bond donors (Lipinski definition) is 1. The number of nitrogens with zero attached hydrogens (tertiary/aromatic N) is 1. The van der Waals surface area contributed by atoms with Crippen LogP contribution < -0.4 is 9.46 Å². The van der Waals surface area contributed by atoms with Crippen LogP contribution in [0.2, 0.25) is 5.02 Å². The van der Waals surface area contributed by atoms with Gasteiger partial charge in [0.25, 0.3) is 0 Å². The van der Waals surface area contributed by atoms with Crippen molar-refractivity contribution < 1.29 is 18.1 Å². The second-order valence-electron chi connectivity index (χ2n) is 4.87. The van der Waals surface area contributed by atoms with Crippen LogP contribution in [0.25, 0.3) is 0 Å². The summed E-state index contributed by atoms with van der Waals surface area (Å²) in [4.78, 5) is 10.1. The third kappa shape index (κ3) is 4.44. The van der Waals surface area contributed by atoms with Crippen molar-refractivity contribution in [2.45, 2.75) is 11.3 Å². The van der Waals surface area contributed by atoms with Crippen molar-refractivity contribution in [3.8, 4) is 5.75 Å². The molecule has 0 saturated carbocycles. The minimum Gasteiger partial charge on any atom is -0.490 e. The lowest BCUT2D eigenvalue weighted by Gasteiger charge is -2.08. The van der Waals surface area contributed by atoms with E-state index in [4.69, 9.17) is 16.3 Å². The highest BCUT2D eigenvalue weighted by Crippen LogP contribution is 2.29. The van der Waals surface area contributed by atoms with Crippen LogP contribution in [0.1, 0.15) is 5.56 Å². The Bertz CT molecular complexity index is 855. The molecule has 0 aromatic heterocycles. The largest absolute Gasteiger partial charge is 0.490 e. The maximum absolute atomic E-state index is 12.3. The summed E-state index contributed by atoms with van der Waals surface area (Å²) in [6.45, 7) is 0.141. The second kappa shape index (κ2) is 7.61. The highest BCUT2D eigenvalue weighted by Gasteiger charge is 2.21. The van der Waals surface area contributed by atoms with Crippen LogP contribution in [-0.4, -0.2) is 27.0 Å². The molecule has 0 bridgehead atoms. The maximum atomic E-state index is 12.3. The standard InChI is InChI=1S/C15H15ClN2O5S/c1-23-15-6-5-13(10-14(15)18(19)20)24(21,22)17-8-7-11-3-2-4-12(16)9-11/h2-6,9-10,17H,7-8H2,1H3. The van der Waals surface area contributed by atoms with Crippen molar-refractivity contribution in [2.24, 2.45) is 0 Å². The summed E-state index contributed by atoms with van der Waals surface area (Å²) in [7, 11) is -2.59. The Balaban J connectivity index is 2.12. The smallest absolute Gasteiger partial charge is 0.312 e. The van der Waals surface area contributed by atoms with Crippen molar-refractivity contribution >= 4 is 27.3 Å². The van der Waals surface area contributed by atoms with Gasteiger partial charge in [-0.25, -0.2) is 13.1 Å². The average Bonchev–Trinajstić information content (AvgIpc) is 2.54. The number of halogens is 1. The molecule has 0 spiro atoms. The molecule has 2 rings (SSSR count). The lowest BCUT2D eigenvalue weighted by molar-refractivity contribution is -0.386. The molecule has 1 N–H and O–H groups in total. The number of methoxy groups -OCH3 is 1. The van der Waals surface area contributed by atoms with Crippen LogP contribution in [-0.2, 0) is 16.4 Å². The van der Waals surface area contributed by atoms with E-state index in [1.54, 1.807) is 18.2 Å². The van der Waals surface area contributed by atoms with Gasteiger partial charge in [-0.1, -0.05) is 23.7 Å². The van der Waals surface area contributed by atoms with Gasteiger partial charge in [0, 0.05) is 17.6 Å².